The number of nitrogens with zero attached hydrogens (tertiary/aromatic N) is 2. The zero-order valence-corrected chi connectivity index (χ0v) is 11.4. The van der Waals surface area contributed by atoms with E-state index in [0.29, 0.717) is 5.95 Å². The van der Waals surface area contributed by atoms with E-state index in [9.17, 15) is 0 Å². The zero-order valence-electron chi connectivity index (χ0n) is 8.98. The van der Waals surface area contributed by atoms with Gasteiger partial charge < -0.3 is 5.32 Å². The van der Waals surface area contributed by atoms with Crippen LogP contribution in [0.25, 0.3) is 0 Å². The molecule has 2 aromatic rings. The largest absolute Gasteiger partial charge is 0.370 e. The van der Waals surface area contributed by atoms with Gasteiger partial charge in [-0.15, -0.1) is 11.3 Å². The van der Waals surface area contributed by atoms with Crippen LogP contribution in [0.4, 0.5) is 11.8 Å². The van der Waals surface area contributed by atoms with Crippen LogP contribution >= 0.6 is 27.3 Å². The molecule has 2 rings (SSSR count). The lowest BCUT2D eigenvalue weighted by atomic mass is 10.3. The quantitative estimate of drug-likeness (QED) is 0.583. The highest BCUT2D eigenvalue weighted by molar-refractivity contribution is 9.11. The molecule has 2 aromatic heterocycles. The van der Waals surface area contributed by atoms with Crippen molar-refractivity contribution in [3.05, 3.63) is 33.1 Å². The second kappa shape index (κ2) is 5.95. The number of nitrogens with two attached hydrogens (primary N) is 1. The van der Waals surface area contributed by atoms with Gasteiger partial charge in [0.25, 0.3) is 0 Å². The molecular weight excluding hydrogens is 302 g/mol. The van der Waals surface area contributed by atoms with Crippen molar-refractivity contribution in [3.8, 4) is 0 Å². The Morgan fingerprint density at radius 1 is 1.35 bits per heavy atom. The van der Waals surface area contributed by atoms with E-state index in [0.717, 1.165) is 22.6 Å². The molecule has 4 N–H and O–H groups in total. The second-order valence-electron chi connectivity index (χ2n) is 3.29. The van der Waals surface area contributed by atoms with Crippen LogP contribution in [0.3, 0.4) is 0 Å². The number of halogens is 1. The maximum Gasteiger partial charge on any atom is 0.239 e. The standard InChI is InChI=1S/C10H12BrN5S/c11-8-2-1-7(17-8)3-5-13-9-4-6-14-10(15-9)16-12/h1-2,4,6H,3,5,12H2,(H2,13,14,15,16). The van der Waals surface area contributed by atoms with Crippen LogP contribution in [0.1, 0.15) is 4.88 Å². The average molecular weight is 314 g/mol. The Balaban J connectivity index is 1.85. The molecule has 90 valence electrons. The first-order valence-electron chi connectivity index (χ1n) is 5.05. The lowest BCUT2D eigenvalue weighted by molar-refractivity contribution is 1.01. The number of aromatic nitrogens is 2. The maximum atomic E-state index is 5.23. The summed E-state index contributed by atoms with van der Waals surface area (Å²) in [5, 5.41) is 3.22. The molecule has 0 amide bonds. The third-order valence-electron chi connectivity index (χ3n) is 2.09. The van der Waals surface area contributed by atoms with Crippen molar-refractivity contribution >= 4 is 39.0 Å². The number of thiophene rings is 1. The van der Waals surface area contributed by atoms with Crippen LogP contribution in [-0.2, 0) is 6.42 Å². The minimum absolute atomic E-state index is 0.411. The molecule has 0 spiro atoms. The van der Waals surface area contributed by atoms with Crippen LogP contribution in [0, 0.1) is 0 Å². The molecule has 0 aromatic carbocycles. The van der Waals surface area contributed by atoms with Gasteiger partial charge in [-0.2, -0.15) is 4.98 Å². The number of hydrazine groups is 1. The monoisotopic (exact) mass is 313 g/mol. The molecule has 5 nitrogen and oxygen atoms in total. The van der Waals surface area contributed by atoms with Gasteiger partial charge in [-0.05, 0) is 40.5 Å². The summed E-state index contributed by atoms with van der Waals surface area (Å²) in [6.45, 7) is 0.827. The molecular formula is C10H12BrN5S. The summed E-state index contributed by atoms with van der Waals surface area (Å²) in [7, 11) is 0. The first kappa shape index (κ1) is 12.3. The second-order valence-corrected chi connectivity index (χ2v) is 5.84. The Kier molecular flexibility index (Phi) is 4.29. The molecule has 0 radical (unpaired) electrons. The van der Waals surface area contributed by atoms with Gasteiger partial charge in [-0.25, -0.2) is 10.8 Å². The molecule has 7 heteroatoms. The van der Waals surface area contributed by atoms with E-state index in [4.69, 9.17) is 5.84 Å². The summed E-state index contributed by atoms with van der Waals surface area (Å²) in [5.41, 5.74) is 2.41. The zero-order chi connectivity index (χ0) is 12.1. The van der Waals surface area contributed by atoms with E-state index in [1.807, 2.05) is 6.07 Å². The minimum atomic E-state index is 0.411. The Labute approximate surface area is 112 Å². The van der Waals surface area contributed by atoms with E-state index >= 15 is 0 Å². The normalized spacial score (nSPS) is 10.2. The van der Waals surface area contributed by atoms with E-state index in [2.05, 4.69) is 48.8 Å². The van der Waals surface area contributed by atoms with E-state index in [-0.39, 0.29) is 0 Å². The fourth-order valence-corrected chi connectivity index (χ4v) is 2.81. The molecule has 0 fully saturated rings. The Morgan fingerprint density at radius 3 is 2.94 bits per heavy atom. The molecule has 0 unspecified atom stereocenters. The number of nitrogen functional groups attached to an aromatic ring is 1. The lowest BCUT2D eigenvalue weighted by Crippen LogP contribution is -2.12. The first-order valence-corrected chi connectivity index (χ1v) is 6.66. The van der Waals surface area contributed by atoms with Crippen LogP contribution in [0.5, 0.6) is 0 Å². The van der Waals surface area contributed by atoms with Crippen LogP contribution in [0.2, 0.25) is 0 Å². The highest BCUT2D eigenvalue weighted by Crippen LogP contribution is 2.22. The average Bonchev–Trinajstić information content (AvgIpc) is 2.75. The van der Waals surface area contributed by atoms with Gasteiger partial charge in [0, 0.05) is 17.6 Å². The van der Waals surface area contributed by atoms with Crippen molar-refractivity contribution in [2.75, 3.05) is 17.3 Å². The van der Waals surface area contributed by atoms with Crippen LogP contribution in [0.15, 0.2) is 28.2 Å². The minimum Gasteiger partial charge on any atom is -0.370 e. The predicted molar refractivity (Wildman–Crippen MR) is 74.1 cm³/mol. The highest BCUT2D eigenvalue weighted by Gasteiger charge is 1.99. The fraction of sp³-hybridized carbons (Fsp3) is 0.200. The molecule has 0 aliphatic rings. The third kappa shape index (κ3) is 3.65. The van der Waals surface area contributed by atoms with Crippen LogP contribution < -0.4 is 16.6 Å². The Morgan fingerprint density at radius 2 is 2.24 bits per heavy atom. The van der Waals surface area contributed by atoms with Gasteiger partial charge in [-0.1, -0.05) is 0 Å². The van der Waals surface area contributed by atoms with E-state index < -0.39 is 0 Å². The number of rotatable bonds is 5. The SMILES string of the molecule is NNc1nccc(NCCc2ccc(Br)s2)n1. The van der Waals surface area contributed by atoms with Gasteiger partial charge in [0.2, 0.25) is 5.95 Å². The summed E-state index contributed by atoms with van der Waals surface area (Å²) < 4.78 is 1.16. The van der Waals surface area contributed by atoms with Gasteiger partial charge >= 0.3 is 0 Å². The Bertz CT molecular complexity index is 487. The van der Waals surface area contributed by atoms with Crippen molar-refractivity contribution in [1.29, 1.82) is 0 Å². The molecule has 0 saturated heterocycles. The van der Waals surface area contributed by atoms with E-state index in [1.165, 1.54) is 4.88 Å². The summed E-state index contributed by atoms with van der Waals surface area (Å²) in [6.07, 6.45) is 2.62. The summed E-state index contributed by atoms with van der Waals surface area (Å²) in [5.74, 6) is 6.41. The van der Waals surface area contributed by atoms with Crippen molar-refractivity contribution in [2.45, 2.75) is 6.42 Å². The summed E-state index contributed by atoms with van der Waals surface area (Å²) in [4.78, 5) is 9.43. The lowest BCUT2D eigenvalue weighted by Gasteiger charge is -2.05. The number of nitrogens with one attached hydrogen (secondary N) is 2. The van der Waals surface area contributed by atoms with Crippen molar-refractivity contribution in [2.24, 2.45) is 5.84 Å². The van der Waals surface area contributed by atoms with Crippen molar-refractivity contribution in [3.63, 3.8) is 0 Å². The molecule has 2 heterocycles. The van der Waals surface area contributed by atoms with Gasteiger partial charge in [0.15, 0.2) is 0 Å². The predicted octanol–water partition coefficient (Wildman–Crippen LogP) is 2.24. The molecule has 0 saturated carbocycles. The van der Waals surface area contributed by atoms with Crippen LogP contribution in [-0.4, -0.2) is 16.5 Å². The van der Waals surface area contributed by atoms with E-state index in [1.54, 1.807) is 17.5 Å². The fourth-order valence-electron chi connectivity index (χ4n) is 1.33. The summed E-state index contributed by atoms with van der Waals surface area (Å²) >= 11 is 5.19. The summed E-state index contributed by atoms with van der Waals surface area (Å²) in [6, 6.07) is 5.98. The first-order chi connectivity index (χ1) is 8.28. The number of hydrogen-bond donors (Lipinski definition) is 3. The van der Waals surface area contributed by atoms with Crippen molar-refractivity contribution < 1.29 is 0 Å². The third-order valence-corrected chi connectivity index (χ3v) is 3.77. The van der Waals surface area contributed by atoms with Crippen molar-refractivity contribution in [1.82, 2.24) is 9.97 Å². The van der Waals surface area contributed by atoms with Gasteiger partial charge in [0.05, 0.1) is 3.79 Å². The topological polar surface area (TPSA) is 75.9 Å². The number of anilines is 2. The molecule has 0 bridgehead atoms. The smallest absolute Gasteiger partial charge is 0.239 e. The molecule has 0 atom stereocenters. The van der Waals surface area contributed by atoms with Gasteiger partial charge in [-0.3, -0.25) is 5.43 Å². The molecule has 17 heavy (non-hydrogen) atoms. The Hall–Kier alpha value is -1.18. The molecule has 0 aliphatic carbocycles. The maximum absolute atomic E-state index is 5.23. The molecule has 0 aliphatic heterocycles. The highest BCUT2D eigenvalue weighted by atomic mass is 79.9. The van der Waals surface area contributed by atoms with Gasteiger partial charge in [0.1, 0.15) is 5.82 Å². The number of hydrogen-bond acceptors (Lipinski definition) is 6.